The minimum Gasteiger partial charge on any atom is -0.370 e. The molecule has 0 saturated carbocycles. The van der Waals surface area contributed by atoms with Crippen LogP contribution in [0.3, 0.4) is 0 Å². The molecule has 0 atom stereocenters. The first-order chi connectivity index (χ1) is 8.79. The molecule has 0 saturated heterocycles. The molecule has 0 aliphatic heterocycles. The van der Waals surface area contributed by atoms with Gasteiger partial charge in [-0.3, -0.25) is 24.5 Å². The fourth-order valence-electron chi connectivity index (χ4n) is 0.839. The zero-order chi connectivity index (χ0) is 14.7. The molecule has 1 heterocycles. The summed E-state index contributed by atoms with van der Waals surface area (Å²) >= 11 is 1.73. The van der Waals surface area contributed by atoms with Crippen molar-refractivity contribution in [2.45, 2.75) is 5.75 Å². The highest BCUT2D eigenvalue weighted by Crippen LogP contribution is 2.06. The van der Waals surface area contributed by atoms with Crippen molar-refractivity contribution in [1.82, 2.24) is 15.3 Å². The predicted molar refractivity (Wildman–Crippen MR) is 72.3 cm³/mol. The van der Waals surface area contributed by atoms with Crippen LogP contribution in [0.1, 0.15) is 5.69 Å². The minimum absolute atomic E-state index is 0.0186. The second-order valence-electron chi connectivity index (χ2n) is 3.04. The Morgan fingerprint density at radius 1 is 1.47 bits per heavy atom. The van der Waals surface area contributed by atoms with Crippen LogP contribution in [-0.4, -0.2) is 45.7 Å². The highest BCUT2D eigenvalue weighted by atomic mass is 32.3. The highest BCUT2D eigenvalue weighted by molar-refractivity contribution is 7.98. The molecule has 0 bridgehead atoms. The summed E-state index contributed by atoms with van der Waals surface area (Å²) in [6.45, 7) is 0.709. The van der Waals surface area contributed by atoms with Gasteiger partial charge in [-0.1, -0.05) is 0 Å². The van der Waals surface area contributed by atoms with Crippen molar-refractivity contribution in [3.63, 3.8) is 0 Å². The Balaban J connectivity index is 0.000000555. The molecule has 1 aromatic heterocycles. The lowest BCUT2D eigenvalue weighted by molar-refractivity contribution is 0.381. The van der Waals surface area contributed by atoms with Gasteiger partial charge in [-0.25, -0.2) is 0 Å². The molecule has 1 aromatic rings. The fourth-order valence-corrected chi connectivity index (χ4v) is 1.59. The minimum atomic E-state index is -4.67. The summed E-state index contributed by atoms with van der Waals surface area (Å²) < 4.78 is 31.6. The average Bonchev–Trinajstić information content (AvgIpc) is 2.27. The lowest BCUT2D eigenvalue weighted by Gasteiger charge is -2.02. The molecule has 0 unspecified atom stereocenters. The quantitative estimate of drug-likeness (QED) is 0.209. The SMILES string of the molecule is N=C(N)NCCSCc1cnccn1.O=S(=O)(O)O. The van der Waals surface area contributed by atoms with Crippen molar-refractivity contribution in [3.8, 4) is 0 Å². The summed E-state index contributed by atoms with van der Waals surface area (Å²) in [5, 5.41) is 9.66. The zero-order valence-electron chi connectivity index (χ0n) is 9.85. The molecule has 19 heavy (non-hydrogen) atoms. The van der Waals surface area contributed by atoms with Crippen LogP contribution in [0.5, 0.6) is 0 Å². The van der Waals surface area contributed by atoms with Gasteiger partial charge in [0.1, 0.15) is 0 Å². The van der Waals surface area contributed by atoms with Crippen molar-refractivity contribution < 1.29 is 17.5 Å². The van der Waals surface area contributed by atoms with E-state index in [0.29, 0.717) is 6.54 Å². The Morgan fingerprint density at radius 3 is 2.58 bits per heavy atom. The highest BCUT2D eigenvalue weighted by Gasteiger charge is 1.94. The van der Waals surface area contributed by atoms with Gasteiger partial charge < -0.3 is 11.1 Å². The van der Waals surface area contributed by atoms with Gasteiger partial charge in [-0.15, -0.1) is 0 Å². The first-order valence-electron chi connectivity index (χ1n) is 4.89. The third-order valence-corrected chi connectivity index (χ3v) is 2.42. The molecular formula is C8H15N5O4S2. The zero-order valence-corrected chi connectivity index (χ0v) is 11.5. The monoisotopic (exact) mass is 309 g/mol. The first kappa shape index (κ1) is 17.6. The fraction of sp³-hybridized carbons (Fsp3) is 0.375. The van der Waals surface area contributed by atoms with Gasteiger partial charge in [-0.05, 0) is 0 Å². The summed E-state index contributed by atoms with van der Waals surface area (Å²) in [4.78, 5) is 8.11. The van der Waals surface area contributed by atoms with Crippen molar-refractivity contribution in [2.75, 3.05) is 12.3 Å². The number of rotatable bonds is 5. The van der Waals surface area contributed by atoms with E-state index in [9.17, 15) is 0 Å². The summed E-state index contributed by atoms with van der Waals surface area (Å²) in [6, 6.07) is 0. The van der Waals surface area contributed by atoms with E-state index in [1.807, 2.05) is 0 Å². The van der Waals surface area contributed by atoms with E-state index in [1.165, 1.54) is 0 Å². The Bertz CT molecular complexity index is 459. The maximum atomic E-state index is 8.74. The number of nitrogens with one attached hydrogen (secondary N) is 2. The summed E-state index contributed by atoms with van der Waals surface area (Å²) in [5.74, 6) is 1.76. The standard InChI is InChI=1S/C8H13N5S.H2O4S/c9-8(10)13-3-4-14-6-7-5-11-1-2-12-7;1-5(2,3)4/h1-2,5H,3-4,6H2,(H4,9,10,13);(H2,1,2,3,4). The van der Waals surface area contributed by atoms with Crippen LogP contribution in [0.2, 0.25) is 0 Å². The molecule has 0 aliphatic carbocycles. The maximum Gasteiger partial charge on any atom is 0.394 e. The Morgan fingerprint density at radius 2 is 2.11 bits per heavy atom. The summed E-state index contributed by atoms with van der Waals surface area (Å²) in [6.07, 6.45) is 5.10. The van der Waals surface area contributed by atoms with Crippen molar-refractivity contribution >= 4 is 28.1 Å². The van der Waals surface area contributed by atoms with Crippen LogP contribution < -0.4 is 11.1 Å². The summed E-state index contributed by atoms with van der Waals surface area (Å²) in [5.41, 5.74) is 6.10. The lowest BCUT2D eigenvalue weighted by Crippen LogP contribution is -2.31. The van der Waals surface area contributed by atoms with Gasteiger partial charge in [-0.2, -0.15) is 20.2 Å². The maximum absolute atomic E-state index is 8.74. The van der Waals surface area contributed by atoms with Crippen molar-refractivity contribution in [2.24, 2.45) is 5.73 Å². The van der Waals surface area contributed by atoms with Crippen LogP contribution >= 0.6 is 11.8 Å². The predicted octanol–water partition coefficient (Wildman–Crippen LogP) is -0.460. The molecule has 0 radical (unpaired) electrons. The van der Waals surface area contributed by atoms with Crippen LogP contribution in [0.4, 0.5) is 0 Å². The molecular weight excluding hydrogens is 294 g/mol. The van der Waals surface area contributed by atoms with E-state index >= 15 is 0 Å². The van der Waals surface area contributed by atoms with E-state index in [2.05, 4.69) is 15.3 Å². The van der Waals surface area contributed by atoms with Gasteiger partial charge in [0, 0.05) is 36.6 Å². The normalized spacial score (nSPS) is 10.2. The Kier molecular flexibility index (Phi) is 8.78. The Hall–Kier alpha value is -1.43. The van der Waals surface area contributed by atoms with E-state index < -0.39 is 10.4 Å². The summed E-state index contributed by atoms with van der Waals surface area (Å²) in [7, 11) is -4.67. The van der Waals surface area contributed by atoms with Gasteiger partial charge >= 0.3 is 10.4 Å². The smallest absolute Gasteiger partial charge is 0.370 e. The van der Waals surface area contributed by atoms with Gasteiger partial charge in [0.15, 0.2) is 5.96 Å². The largest absolute Gasteiger partial charge is 0.394 e. The van der Waals surface area contributed by atoms with Crippen LogP contribution in [0, 0.1) is 5.41 Å². The number of hydrogen-bond donors (Lipinski definition) is 5. The number of nitrogens with zero attached hydrogens (tertiary/aromatic N) is 2. The molecule has 0 amide bonds. The lowest BCUT2D eigenvalue weighted by atomic mass is 10.5. The number of hydrogen-bond acceptors (Lipinski definition) is 6. The van der Waals surface area contributed by atoms with E-state index in [4.69, 9.17) is 28.7 Å². The van der Waals surface area contributed by atoms with Gasteiger partial charge in [0.25, 0.3) is 0 Å². The number of guanidine groups is 1. The second-order valence-corrected chi connectivity index (χ2v) is 5.04. The topological polar surface area (TPSA) is 162 Å². The third-order valence-electron chi connectivity index (χ3n) is 1.43. The molecule has 6 N–H and O–H groups in total. The van der Waals surface area contributed by atoms with Gasteiger partial charge in [0.05, 0.1) is 5.69 Å². The molecule has 1 rings (SSSR count). The van der Waals surface area contributed by atoms with E-state index in [-0.39, 0.29) is 5.96 Å². The number of aromatic nitrogens is 2. The van der Waals surface area contributed by atoms with Crippen LogP contribution in [0.25, 0.3) is 0 Å². The van der Waals surface area contributed by atoms with E-state index in [1.54, 1.807) is 30.4 Å². The van der Waals surface area contributed by atoms with Crippen LogP contribution in [-0.2, 0) is 16.2 Å². The molecule has 108 valence electrons. The third kappa shape index (κ3) is 16.6. The number of nitrogens with two attached hydrogens (primary N) is 1. The number of thioether (sulfide) groups is 1. The first-order valence-corrected chi connectivity index (χ1v) is 7.44. The molecule has 0 aromatic carbocycles. The molecule has 0 spiro atoms. The van der Waals surface area contributed by atoms with Crippen LogP contribution in [0.15, 0.2) is 18.6 Å². The molecule has 0 fully saturated rings. The van der Waals surface area contributed by atoms with Crippen molar-refractivity contribution in [1.29, 1.82) is 5.41 Å². The van der Waals surface area contributed by atoms with Crippen molar-refractivity contribution in [3.05, 3.63) is 24.3 Å². The average molecular weight is 309 g/mol. The molecule has 11 heteroatoms. The molecule has 0 aliphatic rings. The Labute approximate surface area is 115 Å². The second kappa shape index (κ2) is 9.49. The van der Waals surface area contributed by atoms with Gasteiger partial charge in [0.2, 0.25) is 0 Å². The molecule has 9 nitrogen and oxygen atoms in total. The van der Waals surface area contributed by atoms with E-state index in [0.717, 1.165) is 17.2 Å².